The summed E-state index contributed by atoms with van der Waals surface area (Å²) in [5.41, 5.74) is 3.53. The monoisotopic (exact) mass is 293 g/mol. The highest BCUT2D eigenvalue weighted by molar-refractivity contribution is 7.21. The van der Waals surface area contributed by atoms with Crippen LogP contribution in [0.1, 0.15) is 17.2 Å². The van der Waals surface area contributed by atoms with Crippen molar-refractivity contribution in [2.75, 3.05) is 4.67 Å². The van der Waals surface area contributed by atoms with E-state index in [1.165, 1.54) is 6.33 Å². The first-order chi connectivity index (χ1) is 10.3. The van der Waals surface area contributed by atoms with Crippen LogP contribution >= 0.6 is 9.39 Å². The van der Waals surface area contributed by atoms with Gasteiger partial charge in [0.05, 0.1) is 16.9 Å². The summed E-state index contributed by atoms with van der Waals surface area (Å²) in [4.78, 5) is 21.3. The Morgan fingerprint density at radius 1 is 1.00 bits per heavy atom. The summed E-state index contributed by atoms with van der Waals surface area (Å²) in [5, 5.41) is 0.924. The van der Waals surface area contributed by atoms with Crippen LogP contribution in [0.15, 0.2) is 54.9 Å². The number of aromatic nitrogens is 2. The van der Waals surface area contributed by atoms with E-state index in [0.717, 1.165) is 27.8 Å². The molecule has 5 heteroatoms. The second-order valence-corrected chi connectivity index (χ2v) is 5.49. The van der Waals surface area contributed by atoms with Crippen LogP contribution in [-0.2, 0) is 4.79 Å². The van der Waals surface area contributed by atoms with Crippen molar-refractivity contribution in [1.82, 2.24) is 9.97 Å². The molecule has 4 nitrogen and oxygen atoms in total. The minimum atomic E-state index is -0.369. The summed E-state index contributed by atoms with van der Waals surface area (Å²) in [6.45, 7) is 0. The SMILES string of the molecule is O=C1C(c2ncnc3ccccc23)c2ccccc2N1P. The molecule has 1 aliphatic rings. The van der Waals surface area contributed by atoms with Gasteiger partial charge in [0.15, 0.2) is 0 Å². The number of carbonyl (C=O) groups is 1. The largest absolute Gasteiger partial charge is 0.296 e. The van der Waals surface area contributed by atoms with E-state index in [2.05, 4.69) is 19.4 Å². The van der Waals surface area contributed by atoms with Gasteiger partial charge in [0, 0.05) is 5.39 Å². The number of carbonyl (C=O) groups excluding carboxylic acids is 1. The predicted octanol–water partition coefficient (Wildman–Crippen LogP) is 2.90. The first-order valence-corrected chi connectivity index (χ1v) is 7.16. The molecular formula is C16H12N3OP. The Labute approximate surface area is 124 Å². The normalized spacial score (nSPS) is 17.3. The van der Waals surface area contributed by atoms with Crippen molar-refractivity contribution in [2.45, 2.75) is 5.92 Å². The maximum absolute atomic E-state index is 12.7. The topological polar surface area (TPSA) is 46.1 Å². The fourth-order valence-corrected chi connectivity index (χ4v) is 3.25. The second kappa shape index (κ2) is 4.61. The molecule has 21 heavy (non-hydrogen) atoms. The van der Waals surface area contributed by atoms with Crippen molar-refractivity contribution >= 4 is 31.9 Å². The van der Waals surface area contributed by atoms with E-state index in [0.29, 0.717) is 0 Å². The lowest BCUT2D eigenvalue weighted by Gasteiger charge is -2.12. The van der Waals surface area contributed by atoms with Gasteiger partial charge in [-0.3, -0.25) is 9.46 Å². The van der Waals surface area contributed by atoms with E-state index in [1.807, 2.05) is 48.5 Å². The molecule has 0 spiro atoms. The smallest absolute Gasteiger partial charge is 0.243 e. The van der Waals surface area contributed by atoms with Gasteiger partial charge in [-0.05, 0) is 27.1 Å². The molecule has 3 aromatic rings. The Morgan fingerprint density at radius 3 is 2.67 bits per heavy atom. The number of fused-ring (bicyclic) bond motifs is 2. The molecule has 0 saturated heterocycles. The molecular weight excluding hydrogens is 281 g/mol. The predicted molar refractivity (Wildman–Crippen MR) is 85.0 cm³/mol. The zero-order chi connectivity index (χ0) is 14.4. The third kappa shape index (κ3) is 1.76. The molecule has 1 aromatic heterocycles. The summed E-state index contributed by atoms with van der Waals surface area (Å²) >= 11 is 0. The summed E-state index contributed by atoms with van der Waals surface area (Å²) < 4.78 is 1.62. The molecule has 0 fully saturated rings. The Balaban J connectivity index is 1.99. The van der Waals surface area contributed by atoms with Crippen LogP contribution in [0.3, 0.4) is 0 Å². The van der Waals surface area contributed by atoms with E-state index in [9.17, 15) is 4.79 Å². The van der Waals surface area contributed by atoms with Gasteiger partial charge in [0.2, 0.25) is 5.91 Å². The number of hydrogen-bond donors (Lipinski definition) is 0. The maximum Gasteiger partial charge on any atom is 0.243 e. The minimum Gasteiger partial charge on any atom is -0.296 e. The number of rotatable bonds is 1. The molecule has 4 rings (SSSR count). The van der Waals surface area contributed by atoms with Crippen molar-refractivity contribution in [3.63, 3.8) is 0 Å². The highest BCUT2D eigenvalue weighted by atomic mass is 31.0. The molecule has 1 amide bonds. The van der Waals surface area contributed by atoms with Crippen LogP contribution in [0.2, 0.25) is 0 Å². The zero-order valence-electron chi connectivity index (χ0n) is 11.1. The molecule has 2 unspecified atom stereocenters. The van der Waals surface area contributed by atoms with Gasteiger partial charge in [0.25, 0.3) is 0 Å². The first-order valence-electron chi connectivity index (χ1n) is 6.64. The van der Waals surface area contributed by atoms with E-state index < -0.39 is 0 Å². The van der Waals surface area contributed by atoms with Crippen molar-refractivity contribution in [3.8, 4) is 0 Å². The lowest BCUT2D eigenvalue weighted by molar-refractivity contribution is -0.117. The quantitative estimate of drug-likeness (QED) is 0.648. The first kappa shape index (κ1) is 12.4. The Kier molecular flexibility index (Phi) is 2.72. The van der Waals surface area contributed by atoms with Gasteiger partial charge in [0.1, 0.15) is 12.2 Å². The summed E-state index contributed by atoms with van der Waals surface area (Å²) in [7, 11) is 2.49. The van der Waals surface area contributed by atoms with Crippen LogP contribution < -0.4 is 4.67 Å². The van der Waals surface area contributed by atoms with Crippen molar-refractivity contribution in [2.24, 2.45) is 0 Å². The van der Waals surface area contributed by atoms with Crippen LogP contribution in [-0.4, -0.2) is 15.9 Å². The number of amides is 1. The van der Waals surface area contributed by atoms with Gasteiger partial charge < -0.3 is 0 Å². The second-order valence-electron chi connectivity index (χ2n) is 4.98. The van der Waals surface area contributed by atoms with E-state index >= 15 is 0 Å². The Bertz CT molecular complexity index is 860. The van der Waals surface area contributed by atoms with Gasteiger partial charge in [-0.15, -0.1) is 0 Å². The highest BCUT2D eigenvalue weighted by Crippen LogP contribution is 2.43. The molecule has 2 heterocycles. The van der Waals surface area contributed by atoms with E-state index in [1.54, 1.807) is 4.67 Å². The third-order valence-electron chi connectivity index (χ3n) is 3.84. The van der Waals surface area contributed by atoms with E-state index in [4.69, 9.17) is 0 Å². The lowest BCUT2D eigenvalue weighted by atomic mass is 9.94. The highest BCUT2D eigenvalue weighted by Gasteiger charge is 2.37. The Hall–Kier alpha value is -2.32. The third-order valence-corrected chi connectivity index (χ3v) is 4.37. The minimum absolute atomic E-state index is 0.0186. The number of hydrogen-bond acceptors (Lipinski definition) is 3. The fourth-order valence-electron chi connectivity index (χ4n) is 2.86. The number of benzene rings is 2. The van der Waals surface area contributed by atoms with Gasteiger partial charge >= 0.3 is 0 Å². The van der Waals surface area contributed by atoms with E-state index in [-0.39, 0.29) is 11.8 Å². The van der Waals surface area contributed by atoms with Gasteiger partial charge in [-0.2, -0.15) is 0 Å². The molecule has 0 aliphatic carbocycles. The molecule has 2 atom stereocenters. The molecule has 0 radical (unpaired) electrons. The lowest BCUT2D eigenvalue weighted by Crippen LogP contribution is -2.20. The van der Waals surface area contributed by atoms with Crippen molar-refractivity contribution < 1.29 is 4.79 Å². The van der Waals surface area contributed by atoms with Gasteiger partial charge in [-0.1, -0.05) is 36.4 Å². The molecule has 0 saturated carbocycles. The van der Waals surface area contributed by atoms with Crippen LogP contribution in [0.25, 0.3) is 10.9 Å². The number of anilines is 1. The fraction of sp³-hybridized carbons (Fsp3) is 0.0625. The zero-order valence-corrected chi connectivity index (χ0v) is 12.3. The number of para-hydroxylation sites is 2. The average Bonchev–Trinajstić information content (AvgIpc) is 2.79. The van der Waals surface area contributed by atoms with Crippen molar-refractivity contribution in [3.05, 3.63) is 66.1 Å². The standard InChI is InChI=1S/C16H12N3OP/c20-16-14(11-6-2-4-8-13(11)19(16)21)15-10-5-1-3-7-12(10)17-9-18-15/h1-9,14H,21H2. The molecule has 0 N–H and O–H groups in total. The molecule has 0 bridgehead atoms. The van der Waals surface area contributed by atoms with Crippen molar-refractivity contribution in [1.29, 1.82) is 0 Å². The molecule has 102 valence electrons. The maximum atomic E-state index is 12.7. The molecule has 2 aromatic carbocycles. The van der Waals surface area contributed by atoms with Crippen LogP contribution in [0.5, 0.6) is 0 Å². The van der Waals surface area contributed by atoms with Crippen LogP contribution in [0.4, 0.5) is 5.69 Å². The average molecular weight is 293 g/mol. The molecule has 1 aliphatic heterocycles. The summed E-state index contributed by atoms with van der Waals surface area (Å²) in [6, 6.07) is 15.6. The van der Waals surface area contributed by atoms with Crippen LogP contribution in [0, 0.1) is 0 Å². The summed E-state index contributed by atoms with van der Waals surface area (Å²) in [6.07, 6.45) is 1.53. The number of nitrogens with zero attached hydrogens (tertiary/aromatic N) is 3. The Morgan fingerprint density at radius 2 is 1.76 bits per heavy atom. The van der Waals surface area contributed by atoms with Gasteiger partial charge in [-0.25, -0.2) is 9.97 Å². The summed E-state index contributed by atoms with van der Waals surface area (Å²) in [5.74, 6) is -0.350.